The van der Waals surface area contributed by atoms with Gasteiger partial charge in [-0.05, 0) is 20.8 Å². The average molecular weight is 255 g/mol. The topological polar surface area (TPSA) is 79.4 Å². The maximum Gasteiger partial charge on any atom is 0.358 e. The zero-order chi connectivity index (χ0) is 13.5. The van der Waals surface area contributed by atoms with E-state index in [1.54, 1.807) is 11.6 Å². The zero-order valence-electron chi connectivity index (χ0n) is 11.2. The van der Waals surface area contributed by atoms with Crippen molar-refractivity contribution in [3.63, 3.8) is 0 Å². The number of rotatable bonds is 7. The molecule has 6 nitrogen and oxygen atoms in total. The van der Waals surface area contributed by atoms with E-state index in [4.69, 9.17) is 15.2 Å². The third-order valence-electron chi connectivity index (χ3n) is 2.54. The molecule has 1 aromatic rings. The predicted molar refractivity (Wildman–Crippen MR) is 68.4 cm³/mol. The molecule has 0 aromatic carbocycles. The summed E-state index contributed by atoms with van der Waals surface area (Å²) in [5.74, 6) is -0.425. The second-order valence-corrected chi connectivity index (χ2v) is 3.85. The summed E-state index contributed by atoms with van der Waals surface area (Å²) in [6.45, 7) is 7.77. The molecule has 0 saturated carbocycles. The molecule has 2 N–H and O–H groups in total. The number of nitrogen functional groups attached to an aromatic ring is 1. The molecular weight excluding hydrogens is 234 g/mol. The third kappa shape index (κ3) is 3.46. The molecule has 0 fully saturated rings. The van der Waals surface area contributed by atoms with Crippen LogP contribution in [0.15, 0.2) is 0 Å². The molecule has 1 rings (SSSR count). The zero-order valence-corrected chi connectivity index (χ0v) is 11.2. The van der Waals surface area contributed by atoms with E-state index in [1.807, 2.05) is 13.8 Å². The minimum Gasteiger partial charge on any atom is -0.461 e. The summed E-state index contributed by atoms with van der Waals surface area (Å²) >= 11 is 0. The number of carbonyl (C=O) groups excluding carboxylic acids is 1. The Morgan fingerprint density at radius 1 is 1.39 bits per heavy atom. The highest BCUT2D eigenvalue weighted by molar-refractivity contribution is 5.93. The number of hydrogen-bond acceptors (Lipinski definition) is 5. The quantitative estimate of drug-likeness (QED) is 0.588. The van der Waals surface area contributed by atoms with Crippen LogP contribution in [0.25, 0.3) is 0 Å². The number of carbonyl (C=O) groups is 1. The molecule has 0 aliphatic rings. The molecule has 1 heterocycles. The summed E-state index contributed by atoms with van der Waals surface area (Å²) in [5.41, 5.74) is 7.21. The monoisotopic (exact) mass is 255 g/mol. The van der Waals surface area contributed by atoms with Gasteiger partial charge in [-0.25, -0.2) is 4.79 Å². The van der Waals surface area contributed by atoms with Crippen LogP contribution in [0.1, 0.15) is 36.5 Å². The Balaban J connectivity index is 2.56. The fourth-order valence-corrected chi connectivity index (χ4v) is 1.58. The molecule has 0 saturated heterocycles. The molecule has 0 aliphatic carbocycles. The first kappa shape index (κ1) is 14.5. The van der Waals surface area contributed by atoms with Gasteiger partial charge in [-0.15, -0.1) is 0 Å². The summed E-state index contributed by atoms with van der Waals surface area (Å²) in [5, 5.41) is 4.17. The van der Waals surface area contributed by atoms with Crippen LogP contribution in [0.3, 0.4) is 0 Å². The van der Waals surface area contributed by atoms with E-state index in [0.29, 0.717) is 49.9 Å². The van der Waals surface area contributed by atoms with E-state index in [1.165, 1.54) is 0 Å². The Kier molecular flexibility index (Phi) is 5.64. The summed E-state index contributed by atoms with van der Waals surface area (Å²) in [4.78, 5) is 11.9. The number of ether oxygens (including phenoxy) is 2. The lowest BCUT2D eigenvalue weighted by molar-refractivity contribution is 0.0440. The lowest BCUT2D eigenvalue weighted by atomic mass is 10.3. The highest BCUT2D eigenvalue weighted by Crippen LogP contribution is 2.17. The number of anilines is 1. The fraction of sp³-hybridized carbons (Fsp3) is 0.667. The molecule has 0 amide bonds. The van der Waals surface area contributed by atoms with Gasteiger partial charge in [-0.2, -0.15) is 5.10 Å². The average Bonchev–Trinajstić information content (AvgIpc) is 2.65. The molecule has 1 aromatic heterocycles. The normalized spacial score (nSPS) is 10.6. The second kappa shape index (κ2) is 7.00. The van der Waals surface area contributed by atoms with Gasteiger partial charge in [0.25, 0.3) is 0 Å². The largest absolute Gasteiger partial charge is 0.461 e. The van der Waals surface area contributed by atoms with Crippen molar-refractivity contribution in [2.24, 2.45) is 0 Å². The van der Waals surface area contributed by atoms with Crippen LogP contribution in [-0.2, 0) is 16.0 Å². The first-order valence-electron chi connectivity index (χ1n) is 6.19. The number of esters is 1. The van der Waals surface area contributed by atoms with Crippen LogP contribution in [-0.4, -0.2) is 35.6 Å². The Bertz CT molecular complexity index is 402. The van der Waals surface area contributed by atoms with Gasteiger partial charge in [0.15, 0.2) is 5.69 Å². The summed E-state index contributed by atoms with van der Waals surface area (Å²) in [6, 6.07) is 0. The standard InChI is InChI=1S/C12H21N3O3/c1-4-15-11(10(13)9(3)14-15)12(16)18-8-6-7-17-5-2/h4-8,13H2,1-3H3. The molecule has 0 unspecified atom stereocenters. The first-order valence-corrected chi connectivity index (χ1v) is 6.19. The van der Waals surface area contributed by atoms with E-state index < -0.39 is 5.97 Å². The number of nitrogens with zero attached hydrogens (tertiary/aromatic N) is 2. The number of aromatic nitrogens is 2. The maximum absolute atomic E-state index is 11.9. The van der Waals surface area contributed by atoms with E-state index in [0.717, 1.165) is 0 Å². The van der Waals surface area contributed by atoms with Crippen molar-refractivity contribution >= 4 is 11.7 Å². The Hall–Kier alpha value is -1.56. The highest BCUT2D eigenvalue weighted by Gasteiger charge is 2.20. The first-order chi connectivity index (χ1) is 8.61. The maximum atomic E-state index is 11.9. The Morgan fingerprint density at radius 3 is 2.72 bits per heavy atom. The Labute approximate surface area is 107 Å². The van der Waals surface area contributed by atoms with E-state index in [2.05, 4.69) is 5.10 Å². The van der Waals surface area contributed by atoms with Gasteiger partial charge in [0.1, 0.15) is 0 Å². The fourth-order valence-electron chi connectivity index (χ4n) is 1.58. The van der Waals surface area contributed by atoms with Crippen LogP contribution in [0, 0.1) is 6.92 Å². The smallest absolute Gasteiger partial charge is 0.358 e. The lowest BCUT2D eigenvalue weighted by Gasteiger charge is -2.07. The van der Waals surface area contributed by atoms with Crippen molar-refractivity contribution < 1.29 is 14.3 Å². The van der Waals surface area contributed by atoms with Gasteiger partial charge in [-0.1, -0.05) is 0 Å². The molecule has 102 valence electrons. The summed E-state index contributed by atoms with van der Waals surface area (Å²) in [6.07, 6.45) is 0.679. The summed E-state index contributed by atoms with van der Waals surface area (Å²) < 4.78 is 11.9. The van der Waals surface area contributed by atoms with Crippen LogP contribution in [0.2, 0.25) is 0 Å². The molecular formula is C12H21N3O3. The molecule has 0 spiro atoms. The van der Waals surface area contributed by atoms with Gasteiger partial charge < -0.3 is 15.2 Å². The second-order valence-electron chi connectivity index (χ2n) is 3.85. The van der Waals surface area contributed by atoms with Crippen LogP contribution < -0.4 is 5.73 Å². The van der Waals surface area contributed by atoms with Gasteiger partial charge >= 0.3 is 5.97 Å². The summed E-state index contributed by atoms with van der Waals surface area (Å²) in [7, 11) is 0. The Morgan fingerprint density at radius 2 is 2.11 bits per heavy atom. The van der Waals surface area contributed by atoms with Crippen LogP contribution in [0.4, 0.5) is 5.69 Å². The van der Waals surface area contributed by atoms with E-state index in [9.17, 15) is 4.79 Å². The van der Waals surface area contributed by atoms with Crippen molar-refractivity contribution in [2.75, 3.05) is 25.6 Å². The van der Waals surface area contributed by atoms with Crippen LogP contribution >= 0.6 is 0 Å². The van der Waals surface area contributed by atoms with Gasteiger partial charge in [-0.3, -0.25) is 4.68 Å². The highest BCUT2D eigenvalue weighted by atomic mass is 16.5. The molecule has 0 aliphatic heterocycles. The molecule has 18 heavy (non-hydrogen) atoms. The minimum atomic E-state index is -0.425. The van der Waals surface area contributed by atoms with Gasteiger partial charge in [0.2, 0.25) is 0 Å². The van der Waals surface area contributed by atoms with Crippen molar-refractivity contribution in [1.82, 2.24) is 9.78 Å². The van der Waals surface area contributed by atoms with Crippen molar-refractivity contribution in [3.8, 4) is 0 Å². The predicted octanol–water partition coefficient (Wildman–Crippen LogP) is 1.38. The van der Waals surface area contributed by atoms with E-state index >= 15 is 0 Å². The molecule has 0 bridgehead atoms. The molecule has 0 radical (unpaired) electrons. The van der Waals surface area contributed by atoms with Crippen molar-refractivity contribution in [1.29, 1.82) is 0 Å². The van der Waals surface area contributed by atoms with Crippen molar-refractivity contribution in [2.45, 2.75) is 33.7 Å². The molecule has 6 heteroatoms. The number of nitrogens with two attached hydrogens (primary N) is 1. The van der Waals surface area contributed by atoms with Crippen LogP contribution in [0.5, 0.6) is 0 Å². The van der Waals surface area contributed by atoms with E-state index in [-0.39, 0.29) is 0 Å². The molecule has 0 atom stereocenters. The number of hydrogen-bond donors (Lipinski definition) is 1. The third-order valence-corrected chi connectivity index (χ3v) is 2.54. The van der Waals surface area contributed by atoms with Gasteiger partial charge in [0, 0.05) is 26.2 Å². The number of aryl methyl sites for hydroxylation is 2. The van der Waals surface area contributed by atoms with Gasteiger partial charge in [0.05, 0.1) is 18.0 Å². The SMILES string of the molecule is CCOCCCOC(=O)c1c(N)c(C)nn1CC. The lowest BCUT2D eigenvalue weighted by Crippen LogP contribution is -2.15. The van der Waals surface area contributed by atoms with Crippen molar-refractivity contribution in [3.05, 3.63) is 11.4 Å². The minimum absolute atomic E-state index is 0.326.